The fourth-order valence-corrected chi connectivity index (χ4v) is 1.69. The van der Waals surface area contributed by atoms with Gasteiger partial charge in [-0.3, -0.25) is 4.98 Å². The zero-order valence-corrected chi connectivity index (χ0v) is 11.7. The van der Waals surface area contributed by atoms with Crippen molar-refractivity contribution in [3.05, 3.63) is 53.9 Å². The molecular formula is C16H20N2O. The van der Waals surface area contributed by atoms with Gasteiger partial charge in [0.05, 0.1) is 0 Å². The molecule has 1 aromatic heterocycles. The lowest BCUT2D eigenvalue weighted by Crippen LogP contribution is -2.22. The van der Waals surface area contributed by atoms with E-state index in [9.17, 15) is 0 Å². The van der Waals surface area contributed by atoms with E-state index in [0.717, 1.165) is 23.6 Å². The van der Waals surface area contributed by atoms with Crippen molar-refractivity contribution >= 4 is 0 Å². The maximum absolute atomic E-state index is 5.92. The van der Waals surface area contributed by atoms with Crippen LogP contribution in [0.2, 0.25) is 0 Å². The second kappa shape index (κ2) is 6.34. The molecule has 0 unspecified atom stereocenters. The number of nitrogens with zero attached hydrogens (tertiary/aromatic N) is 1. The van der Waals surface area contributed by atoms with E-state index in [-0.39, 0.29) is 0 Å². The van der Waals surface area contributed by atoms with E-state index >= 15 is 0 Å². The van der Waals surface area contributed by atoms with Gasteiger partial charge in [0.1, 0.15) is 11.5 Å². The summed E-state index contributed by atoms with van der Waals surface area (Å²) in [6, 6.07) is 10.4. The molecule has 0 atom stereocenters. The standard InChI is InChI=1S/C16H20N2O/c1-12(2)18-11-14-10-17-9-8-16(14)19-15-6-4-13(3)5-7-15/h4-10,12,18H,11H2,1-3H3. The smallest absolute Gasteiger partial charge is 0.134 e. The van der Waals surface area contributed by atoms with Crippen LogP contribution in [0.5, 0.6) is 11.5 Å². The minimum atomic E-state index is 0.437. The van der Waals surface area contributed by atoms with Gasteiger partial charge in [-0.25, -0.2) is 0 Å². The molecule has 0 aliphatic heterocycles. The molecule has 0 fully saturated rings. The number of aryl methyl sites for hydroxylation is 1. The Morgan fingerprint density at radius 1 is 1.16 bits per heavy atom. The van der Waals surface area contributed by atoms with Crippen LogP contribution in [0.1, 0.15) is 25.0 Å². The molecule has 3 heteroatoms. The molecule has 100 valence electrons. The maximum atomic E-state index is 5.92. The van der Waals surface area contributed by atoms with E-state index < -0.39 is 0 Å². The SMILES string of the molecule is Cc1ccc(Oc2ccncc2CNC(C)C)cc1. The summed E-state index contributed by atoms with van der Waals surface area (Å²) in [5.41, 5.74) is 2.29. The van der Waals surface area contributed by atoms with Gasteiger partial charge in [0.15, 0.2) is 0 Å². The van der Waals surface area contributed by atoms with E-state index in [1.807, 2.05) is 36.5 Å². The molecule has 0 saturated carbocycles. The van der Waals surface area contributed by atoms with Crippen LogP contribution in [0.25, 0.3) is 0 Å². The van der Waals surface area contributed by atoms with Crippen molar-refractivity contribution < 1.29 is 4.74 Å². The van der Waals surface area contributed by atoms with Crippen LogP contribution in [-0.4, -0.2) is 11.0 Å². The summed E-state index contributed by atoms with van der Waals surface area (Å²) in [6.45, 7) is 7.06. The Hall–Kier alpha value is -1.87. The zero-order valence-electron chi connectivity index (χ0n) is 11.7. The Labute approximate surface area is 114 Å². The first-order chi connectivity index (χ1) is 9.15. The first-order valence-corrected chi connectivity index (χ1v) is 6.56. The van der Waals surface area contributed by atoms with Gasteiger partial charge in [-0.15, -0.1) is 0 Å². The van der Waals surface area contributed by atoms with Crippen molar-refractivity contribution in [1.29, 1.82) is 0 Å². The molecule has 0 amide bonds. The summed E-state index contributed by atoms with van der Waals surface area (Å²) in [6.07, 6.45) is 3.60. The van der Waals surface area contributed by atoms with Gasteiger partial charge in [-0.1, -0.05) is 31.5 Å². The molecule has 0 aliphatic rings. The third-order valence-electron chi connectivity index (χ3n) is 2.81. The lowest BCUT2D eigenvalue weighted by atomic mass is 10.2. The van der Waals surface area contributed by atoms with E-state index in [1.165, 1.54) is 5.56 Å². The number of ether oxygens (including phenoxy) is 1. The molecule has 2 aromatic rings. The summed E-state index contributed by atoms with van der Waals surface area (Å²) in [5, 5.41) is 3.38. The van der Waals surface area contributed by atoms with Crippen LogP contribution in [0.15, 0.2) is 42.7 Å². The number of pyridine rings is 1. The first-order valence-electron chi connectivity index (χ1n) is 6.56. The number of hydrogen-bond donors (Lipinski definition) is 1. The summed E-state index contributed by atoms with van der Waals surface area (Å²) >= 11 is 0. The van der Waals surface area contributed by atoms with Gasteiger partial charge < -0.3 is 10.1 Å². The molecule has 3 nitrogen and oxygen atoms in total. The summed E-state index contributed by atoms with van der Waals surface area (Å²) < 4.78 is 5.92. The third kappa shape index (κ3) is 4.07. The fourth-order valence-electron chi connectivity index (χ4n) is 1.69. The highest BCUT2D eigenvalue weighted by Gasteiger charge is 2.05. The predicted octanol–water partition coefficient (Wildman–Crippen LogP) is 3.68. The van der Waals surface area contributed by atoms with Crippen molar-refractivity contribution in [2.75, 3.05) is 0 Å². The molecule has 1 N–H and O–H groups in total. The second-order valence-corrected chi connectivity index (χ2v) is 4.93. The number of benzene rings is 1. The van der Waals surface area contributed by atoms with Crippen LogP contribution < -0.4 is 10.1 Å². The minimum Gasteiger partial charge on any atom is -0.457 e. The molecule has 0 spiro atoms. The molecule has 0 aliphatic carbocycles. The third-order valence-corrected chi connectivity index (χ3v) is 2.81. The quantitative estimate of drug-likeness (QED) is 0.886. The maximum Gasteiger partial charge on any atom is 0.134 e. The van der Waals surface area contributed by atoms with Crippen LogP contribution >= 0.6 is 0 Å². The summed E-state index contributed by atoms with van der Waals surface area (Å²) in [7, 11) is 0. The molecule has 0 bridgehead atoms. The van der Waals surface area contributed by atoms with Crippen molar-refractivity contribution in [3.63, 3.8) is 0 Å². The highest BCUT2D eigenvalue weighted by atomic mass is 16.5. The number of hydrogen-bond acceptors (Lipinski definition) is 3. The predicted molar refractivity (Wildman–Crippen MR) is 77.5 cm³/mol. The van der Waals surface area contributed by atoms with E-state index in [4.69, 9.17) is 4.74 Å². The van der Waals surface area contributed by atoms with Crippen molar-refractivity contribution in [2.24, 2.45) is 0 Å². The van der Waals surface area contributed by atoms with Crippen molar-refractivity contribution in [3.8, 4) is 11.5 Å². The van der Waals surface area contributed by atoms with Gasteiger partial charge in [-0.05, 0) is 25.1 Å². The molecular weight excluding hydrogens is 236 g/mol. The van der Waals surface area contributed by atoms with Gasteiger partial charge in [0.2, 0.25) is 0 Å². The second-order valence-electron chi connectivity index (χ2n) is 4.93. The molecule has 0 radical (unpaired) electrons. The Kier molecular flexibility index (Phi) is 4.53. The van der Waals surface area contributed by atoms with Crippen LogP contribution in [-0.2, 0) is 6.54 Å². The summed E-state index contributed by atoms with van der Waals surface area (Å²) in [4.78, 5) is 4.16. The van der Waals surface area contributed by atoms with Gasteiger partial charge in [0.25, 0.3) is 0 Å². The zero-order chi connectivity index (χ0) is 13.7. The monoisotopic (exact) mass is 256 g/mol. The first kappa shape index (κ1) is 13.6. The Balaban J connectivity index is 2.13. The van der Waals surface area contributed by atoms with Gasteiger partial charge >= 0.3 is 0 Å². The Bertz CT molecular complexity index is 521. The normalized spacial score (nSPS) is 10.7. The van der Waals surface area contributed by atoms with Crippen molar-refractivity contribution in [2.45, 2.75) is 33.4 Å². The van der Waals surface area contributed by atoms with Crippen molar-refractivity contribution in [1.82, 2.24) is 10.3 Å². The number of nitrogens with one attached hydrogen (secondary N) is 1. The molecule has 1 aromatic carbocycles. The van der Waals surface area contributed by atoms with Gasteiger partial charge in [-0.2, -0.15) is 0 Å². The van der Waals surface area contributed by atoms with Gasteiger partial charge in [0, 0.05) is 30.5 Å². The Morgan fingerprint density at radius 3 is 2.58 bits per heavy atom. The van der Waals surface area contributed by atoms with E-state index in [2.05, 4.69) is 31.1 Å². The average Bonchev–Trinajstić information content (AvgIpc) is 2.40. The minimum absolute atomic E-state index is 0.437. The Morgan fingerprint density at radius 2 is 1.89 bits per heavy atom. The largest absolute Gasteiger partial charge is 0.457 e. The lowest BCUT2D eigenvalue weighted by molar-refractivity contribution is 0.468. The number of rotatable bonds is 5. The average molecular weight is 256 g/mol. The van der Waals surface area contributed by atoms with Crippen LogP contribution in [0, 0.1) is 6.92 Å². The topological polar surface area (TPSA) is 34.1 Å². The number of aromatic nitrogens is 1. The highest BCUT2D eigenvalue weighted by Crippen LogP contribution is 2.24. The molecule has 0 saturated heterocycles. The highest BCUT2D eigenvalue weighted by molar-refractivity contribution is 5.36. The van der Waals surface area contributed by atoms with E-state index in [1.54, 1.807) is 6.20 Å². The molecule has 2 rings (SSSR count). The molecule has 1 heterocycles. The fraction of sp³-hybridized carbons (Fsp3) is 0.312. The summed E-state index contributed by atoms with van der Waals surface area (Å²) in [5.74, 6) is 1.70. The lowest BCUT2D eigenvalue weighted by Gasteiger charge is -2.13. The van der Waals surface area contributed by atoms with Crippen LogP contribution in [0.4, 0.5) is 0 Å². The van der Waals surface area contributed by atoms with E-state index in [0.29, 0.717) is 6.04 Å². The molecule has 19 heavy (non-hydrogen) atoms. The van der Waals surface area contributed by atoms with Crippen LogP contribution in [0.3, 0.4) is 0 Å².